The third-order valence-electron chi connectivity index (χ3n) is 3.18. The lowest BCUT2D eigenvalue weighted by molar-refractivity contribution is 0.199. The van der Waals surface area contributed by atoms with Crippen LogP contribution in [0.2, 0.25) is 0 Å². The van der Waals surface area contributed by atoms with Crippen molar-refractivity contribution in [3.8, 4) is 5.75 Å². The van der Waals surface area contributed by atoms with Gasteiger partial charge in [0.25, 0.3) is 0 Å². The molecule has 0 amide bonds. The Bertz CT molecular complexity index is 384. The van der Waals surface area contributed by atoms with E-state index in [0.717, 1.165) is 36.3 Å². The molecule has 17 heavy (non-hydrogen) atoms. The Balaban J connectivity index is 2.08. The smallest absolute Gasteiger partial charge is 0.123 e. The highest BCUT2D eigenvalue weighted by Gasteiger charge is 2.17. The van der Waals surface area contributed by atoms with Crippen LogP contribution in [0.5, 0.6) is 5.75 Å². The second-order valence-electron chi connectivity index (χ2n) is 4.59. The number of ether oxygens (including phenoxy) is 1. The number of hydrogen-bond donors (Lipinski definition) is 1. The first-order valence-electron chi connectivity index (χ1n) is 5.99. The lowest BCUT2D eigenvalue weighted by atomic mass is 10.1. The minimum absolute atomic E-state index is 0.321. The summed E-state index contributed by atoms with van der Waals surface area (Å²) in [4.78, 5) is 2.40. The molecule has 2 N–H and O–H groups in total. The summed E-state index contributed by atoms with van der Waals surface area (Å²) < 4.78 is 6.48. The fourth-order valence-electron chi connectivity index (χ4n) is 2.35. The van der Waals surface area contributed by atoms with E-state index in [1.54, 1.807) is 7.11 Å². The summed E-state index contributed by atoms with van der Waals surface area (Å²) in [6.07, 6.45) is 2.34. The molecule has 1 saturated heterocycles. The minimum atomic E-state index is 0.321. The Kier molecular flexibility index (Phi) is 4.42. The summed E-state index contributed by atoms with van der Waals surface area (Å²) in [7, 11) is 1.72. The van der Waals surface area contributed by atoms with Crippen molar-refractivity contribution >= 4 is 15.9 Å². The van der Waals surface area contributed by atoms with Crippen LogP contribution < -0.4 is 10.5 Å². The number of nitrogens with zero attached hydrogens (tertiary/aromatic N) is 1. The van der Waals surface area contributed by atoms with E-state index in [1.807, 2.05) is 12.1 Å². The highest BCUT2D eigenvalue weighted by atomic mass is 79.9. The van der Waals surface area contributed by atoms with E-state index in [-0.39, 0.29) is 0 Å². The van der Waals surface area contributed by atoms with Crippen molar-refractivity contribution in [2.45, 2.75) is 25.4 Å². The first-order chi connectivity index (χ1) is 8.19. The third-order valence-corrected chi connectivity index (χ3v) is 3.67. The number of nitrogens with two attached hydrogens (primary N) is 1. The van der Waals surface area contributed by atoms with Gasteiger partial charge in [-0.1, -0.05) is 15.9 Å². The zero-order valence-corrected chi connectivity index (χ0v) is 11.7. The number of benzene rings is 1. The minimum Gasteiger partial charge on any atom is -0.496 e. The maximum atomic E-state index is 6.00. The number of methoxy groups -OCH3 is 1. The first-order valence-corrected chi connectivity index (χ1v) is 6.78. The molecule has 1 heterocycles. The molecule has 94 valence electrons. The van der Waals surface area contributed by atoms with E-state index < -0.39 is 0 Å². The Morgan fingerprint density at radius 2 is 2.35 bits per heavy atom. The van der Waals surface area contributed by atoms with Crippen LogP contribution in [0.3, 0.4) is 0 Å². The van der Waals surface area contributed by atoms with Gasteiger partial charge in [0, 0.05) is 29.2 Å². The lowest BCUT2D eigenvalue weighted by Crippen LogP contribution is -2.42. The van der Waals surface area contributed by atoms with E-state index in [9.17, 15) is 0 Å². The van der Waals surface area contributed by atoms with Crippen molar-refractivity contribution in [2.24, 2.45) is 5.73 Å². The molecular weight excluding hydrogens is 280 g/mol. The van der Waals surface area contributed by atoms with Crippen LogP contribution in [0.25, 0.3) is 0 Å². The first kappa shape index (κ1) is 12.9. The van der Waals surface area contributed by atoms with Crippen molar-refractivity contribution in [3.63, 3.8) is 0 Å². The molecule has 1 aromatic carbocycles. The summed E-state index contributed by atoms with van der Waals surface area (Å²) in [5.74, 6) is 0.951. The fourth-order valence-corrected chi connectivity index (χ4v) is 2.76. The molecule has 1 unspecified atom stereocenters. The van der Waals surface area contributed by atoms with Gasteiger partial charge in [0.1, 0.15) is 5.75 Å². The predicted octanol–water partition coefficient (Wildman–Crippen LogP) is 2.38. The maximum absolute atomic E-state index is 6.00. The molecule has 1 aliphatic rings. The van der Waals surface area contributed by atoms with Crippen LogP contribution >= 0.6 is 15.9 Å². The molecule has 0 radical (unpaired) electrons. The molecule has 0 aliphatic carbocycles. The zero-order chi connectivity index (χ0) is 12.3. The van der Waals surface area contributed by atoms with Gasteiger partial charge in [-0.05, 0) is 37.6 Å². The molecule has 1 atom stereocenters. The van der Waals surface area contributed by atoms with E-state index in [1.165, 1.54) is 12.0 Å². The average Bonchev–Trinajstić information content (AvgIpc) is 2.29. The standard InChI is InChI=1S/C13H19BrN2O/c1-17-13-5-4-11(14)7-10(13)8-16-6-2-3-12(15)9-16/h4-5,7,12H,2-3,6,8-9,15H2,1H3. The van der Waals surface area contributed by atoms with Crippen LogP contribution in [0.1, 0.15) is 18.4 Å². The largest absolute Gasteiger partial charge is 0.496 e. The normalized spacial score (nSPS) is 21.5. The summed E-state index contributed by atoms with van der Waals surface area (Å²) in [5.41, 5.74) is 7.22. The Labute approximate surface area is 111 Å². The van der Waals surface area contributed by atoms with E-state index in [4.69, 9.17) is 10.5 Å². The Morgan fingerprint density at radius 1 is 1.53 bits per heavy atom. The molecule has 3 nitrogen and oxygen atoms in total. The number of halogens is 1. The molecule has 1 aliphatic heterocycles. The summed E-state index contributed by atoms with van der Waals surface area (Å²) in [5, 5.41) is 0. The summed E-state index contributed by atoms with van der Waals surface area (Å²) >= 11 is 3.50. The van der Waals surface area contributed by atoms with Gasteiger partial charge in [-0.15, -0.1) is 0 Å². The SMILES string of the molecule is COc1ccc(Br)cc1CN1CCCC(N)C1. The number of piperidine rings is 1. The summed E-state index contributed by atoms with van der Waals surface area (Å²) in [6.45, 7) is 3.02. The molecule has 2 rings (SSSR count). The lowest BCUT2D eigenvalue weighted by Gasteiger charge is -2.31. The summed E-state index contributed by atoms with van der Waals surface area (Å²) in [6, 6.07) is 6.45. The number of hydrogen-bond acceptors (Lipinski definition) is 3. The van der Waals surface area contributed by atoms with Crippen LogP contribution in [-0.4, -0.2) is 31.1 Å². The van der Waals surface area contributed by atoms with Crippen molar-refractivity contribution in [3.05, 3.63) is 28.2 Å². The molecule has 0 spiro atoms. The third kappa shape index (κ3) is 3.44. The molecule has 0 bridgehead atoms. The number of likely N-dealkylation sites (tertiary alicyclic amines) is 1. The van der Waals surface area contributed by atoms with Crippen molar-refractivity contribution in [1.82, 2.24) is 4.90 Å². The van der Waals surface area contributed by atoms with Gasteiger partial charge in [0.2, 0.25) is 0 Å². The molecule has 4 heteroatoms. The van der Waals surface area contributed by atoms with Crippen molar-refractivity contribution in [1.29, 1.82) is 0 Å². The van der Waals surface area contributed by atoms with Gasteiger partial charge in [-0.2, -0.15) is 0 Å². The zero-order valence-electron chi connectivity index (χ0n) is 10.2. The maximum Gasteiger partial charge on any atom is 0.123 e. The van der Waals surface area contributed by atoms with Crippen LogP contribution in [0, 0.1) is 0 Å². The van der Waals surface area contributed by atoms with Gasteiger partial charge in [0.05, 0.1) is 7.11 Å². The van der Waals surface area contributed by atoms with Crippen LogP contribution in [-0.2, 0) is 6.54 Å². The topological polar surface area (TPSA) is 38.5 Å². The second-order valence-corrected chi connectivity index (χ2v) is 5.51. The highest BCUT2D eigenvalue weighted by molar-refractivity contribution is 9.10. The molecule has 0 saturated carbocycles. The average molecular weight is 299 g/mol. The van der Waals surface area contributed by atoms with Crippen LogP contribution in [0.15, 0.2) is 22.7 Å². The molecular formula is C13H19BrN2O. The fraction of sp³-hybridized carbons (Fsp3) is 0.538. The van der Waals surface area contributed by atoms with E-state index in [2.05, 4.69) is 26.9 Å². The molecule has 1 fully saturated rings. The van der Waals surface area contributed by atoms with Crippen LogP contribution in [0.4, 0.5) is 0 Å². The quantitative estimate of drug-likeness (QED) is 0.931. The highest BCUT2D eigenvalue weighted by Crippen LogP contribution is 2.25. The monoisotopic (exact) mass is 298 g/mol. The molecule has 0 aromatic heterocycles. The molecule has 1 aromatic rings. The van der Waals surface area contributed by atoms with Gasteiger partial charge >= 0.3 is 0 Å². The van der Waals surface area contributed by atoms with E-state index in [0.29, 0.717) is 6.04 Å². The second kappa shape index (κ2) is 5.85. The Hall–Kier alpha value is -0.580. The predicted molar refractivity (Wildman–Crippen MR) is 73.2 cm³/mol. The van der Waals surface area contributed by atoms with Gasteiger partial charge in [-0.25, -0.2) is 0 Å². The van der Waals surface area contributed by atoms with E-state index >= 15 is 0 Å². The van der Waals surface area contributed by atoms with Gasteiger partial charge in [0.15, 0.2) is 0 Å². The van der Waals surface area contributed by atoms with Crippen molar-refractivity contribution in [2.75, 3.05) is 20.2 Å². The van der Waals surface area contributed by atoms with Crippen molar-refractivity contribution < 1.29 is 4.74 Å². The Morgan fingerprint density at radius 3 is 3.06 bits per heavy atom. The number of rotatable bonds is 3. The van der Waals surface area contributed by atoms with Gasteiger partial charge in [-0.3, -0.25) is 4.90 Å². The van der Waals surface area contributed by atoms with Gasteiger partial charge < -0.3 is 10.5 Å².